The molecule has 0 unspecified atom stereocenters. The molecule has 0 aliphatic carbocycles. The van der Waals surface area contributed by atoms with Gasteiger partial charge in [-0.05, 0) is 24.6 Å². The first kappa shape index (κ1) is 17.5. The van der Waals surface area contributed by atoms with Gasteiger partial charge in [0.2, 0.25) is 5.91 Å². The van der Waals surface area contributed by atoms with Crippen molar-refractivity contribution < 1.29 is 26.7 Å². The van der Waals surface area contributed by atoms with Gasteiger partial charge < -0.3 is 10.1 Å². The van der Waals surface area contributed by atoms with Crippen LogP contribution in [0.4, 0.5) is 14.5 Å². The number of halogens is 2. The average Bonchev–Trinajstić information content (AvgIpc) is 2.33. The summed E-state index contributed by atoms with van der Waals surface area (Å²) in [6.07, 6.45) is -2.64. The highest BCUT2D eigenvalue weighted by molar-refractivity contribution is 7.92. The Kier molecular flexibility index (Phi) is 6.70. The molecule has 1 amide bonds. The van der Waals surface area contributed by atoms with Crippen LogP contribution in [0.2, 0.25) is 0 Å². The van der Waals surface area contributed by atoms with Crippen LogP contribution < -0.4 is 5.32 Å². The normalized spacial score (nSPS) is 11.6. The molecule has 0 fully saturated rings. The van der Waals surface area contributed by atoms with Crippen LogP contribution in [0.1, 0.15) is 5.56 Å². The van der Waals surface area contributed by atoms with Crippen LogP contribution in [-0.2, 0) is 19.4 Å². The van der Waals surface area contributed by atoms with Crippen molar-refractivity contribution >= 4 is 21.4 Å². The molecule has 5 nitrogen and oxygen atoms in total. The summed E-state index contributed by atoms with van der Waals surface area (Å²) in [5.74, 6) is -1.85. The Morgan fingerprint density at radius 3 is 2.71 bits per heavy atom. The van der Waals surface area contributed by atoms with Crippen LogP contribution in [-0.4, -0.2) is 45.5 Å². The van der Waals surface area contributed by atoms with E-state index in [4.69, 9.17) is 0 Å². The molecule has 1 N–H and O–H groups in total. The highest BCUT2D eigenvalue weighted by Crippen LogP contribution is 2.09. The molecule has 1 aromatic carbocycles. The van der Waals surface area contributed by atoms with E-state index in [2.05, 4.69) is 10.1 Å². The van der Waals surface area contributed by atoms with Crippen molar-refractivity contribution in [2.45, 2.75) is 13.3 Å². The lowest BCUT2D eigenvalue weighted by molar-refractivity contribution is -0.113. The van der Waals surface area contributed by atoms with E-state index in [1.54, 1.807) is 18.2 Å². The van der Waals surface area contributed by atoms with Crippen LogP contribution in [0.15, 0.2) is 24.3 Å². The summed E-state index contributed by atoms with van der Waals surface area (Å²) in [5.41, 5.74) is 1.43. The van der Waals surface area contributed by atoms with Crippen molar-refractivity contribution in [1.29, 1.82) is 0 Å². The molecule has 0 heterocycles. The molecule has 0 bridgehead atoms. The standard InChI is InChI=1S/C13H17F2NO4S/c1-10-3-2-4-11(7-10)16-13(17)9-21(18,19)6-5-20-8-12(14)15/h2-4,7,12H,5-6,8-9H2,1H3,(H,16,17). The van der Waals surface area contributed by atoms with E-state index in [1.165, 1.54) is 0 Å². The van der Waals surface area contributed by atoms with Crippen molar-refractivity contribution in [2.75, 3.05) is 30.0 Å². The molecule has 1 aromatic rings. The number of anilines is 1. The van der Waals surface area contributed by atoms with E-state index in [0.29, 0.717) is 5.69 Å². The van der Waals surface area contributed by atoms with E-state index in [-0.39, 0.29) is 6.61 Å². The van der Waals surface area contributed by atoms with Crippen molar-refractivity contribution in [2.24, 2.45) is 0 Å². The third kappa shape index (κ3) is 7.72. The summed E-state index contributed by atoms with van der Waals surface area (Å²) < 4.78 is 51.3. The zero-order valence-corrected chi connectivity index (χ0v) is 12.3. The lowest BCUT2D eigenvalue weighted by atomic mass is 10.2. The number of carbonyl (C=O) groups is 1. The van der Waals surface area contributed by atoms with Crippen LogP contribution in [0.25, 0.3) is 0 Å². The van der Waals surface area contributed by atoms with Crippen LogP contribution >= 0.6 is 0 Å². The highest BCUT2D eigenvalue weighted by atomic mass is 32.2. The summed E-state index contributed by atoms with van der Waals surface area (Å²) in [7, 11) is -3.69. The van der Waals surface area contributed by atoms with Crippen LogP contribution in [0.5, 0.6) is 0 Å². The Morgan fingerprint density at radius 1 is 1.38 bits per heavy atom. The summed E-state index contributed by atoms with van der Waals surface area (Å²) in [6, 6.07) is 6.92. The number of amides is 1. The molecule has 1 rings (SSSR count). The second-order valence-corrected chi connectivity index (χ2v) is 6.66. The summed E-state index contributed by atoms with van der Waals surface area (Å²) in [5, 5.41) is 2.47. The Labute approximate surface area is 122 Å². The first-order chi connectivity index (χ1) is 9.78. The maximum absolute atomic E-state index is 11.8. The number of sulfone groups is 1. The minimum Gasteiger partial charge on any atom is -0.374 e. The second-order valence-electron chi connectivity index (χ2n) is 4.48. The predicted molar refractivity (Wildman–Crippen MR) is 75.3 cm³/mol. The first-order valence-electron chi connectivity index (χ1n) is 6.21. The number of alkyl halides is 2. The summed E-state index contributed by atoms with van der Waals surface area (Å²) >= 11 is 0. The smallest absolute Gasteiger partial charge is 0.261 e. The minimum atomic E-state index is -3.69. The molecular formula is C13H17F2NO4S. The monoisotopic (exact) mass is 321 g/mol. The molecule has 0 aliphatic heterocycles. The van der Waals surface area contributed by atoms with E-state index in [9.17, 15) is 22.0 Å². The summed E-state index contributed by atoms with van der Waals surface area (Å²) in [4.78, 5) is 11.6. The largest absolute Gasteiger partial charge is 0.374 e. The third-order valence-corrected chi connectivity index (χ3v) is 3.93. The molecule has 0 saturated heterocycles. The van der Waals surface area contributed by atoms with Gasteiger partial charge in [-0.25, -0.2) is 17.2 Å². The van der Waals surface area contributed by atoms with Gasteiger partial charge in [0.15, 0.2) is 9.84 Å². The van der Waals surface area contributed by atoms with Gasteiger partial charge in [-0.1, -0.05) is 12.1 Å². The molecule has 118 valence electrons. The van der Waals surface area contributed by atoms with E-state index in [0.717, 1.165) is 5.56 Å². The van der Waals surface area contributed by atoms with Crippen LogP contribution in [0, 0.1) is 6.92 Å². The molecule has 21 heavy (non-hydrogen) atoms. The Morgan fingerprint density at radius 2 is 2.10 bits per heavy atom. The zero-order valence-electron chi connectivity index (χ0n) is 11.5. The van der Waals surface area contributed by atoms with Crippen molar-refractivity contribution in [3.05, 3.63) is 29.8 Å². The maximum atomic E-state index is 11.8. The SMILES string of the molecule is Cc1cccc(NC(=O)CS(=O)(=O)CCOCC(F)F)c1. The fourth-order valence-corrected chi connectivity index (χ4v) is 2.54. The molecule has 0 saturated carbocycles. The molecular weight excluding hydrogens is 304 g/mol. The van der Waals surface area contributed by atoms with Gasteiger partial charge in [0.1, 0.15) is 12.4 Å². The number of aryl methyl sites for hydroxylation is 1. The second kappa shape index (κ2) is 8.04. The molecule has 8 heteroatoms. The Bertz CT molecular complexity index is 575. The van der Waals surface area contributed by atoms with Gasteiger partial charge in [0, 0.05) is 5.69 Å². The van der Waals surface area contributed by atoms with E-state index < -0.39 is 40.3 Å². The molecule has 0 spiro atoms. The lowest BCUT2D eigenvalue weighted by Crippen LogP contribution is -2.26. The predicted octanol–water partition coefficient (Wildman–Crippen LogP) is 1.63. The fourth-order valence-electron chi connectivity index (χ4n) is 1.55. The van der Waals surface area contributed by atoms with Gasteiger partial charge >= 0.3 is 0 Å². The van der Waals surface area contributed by atoms with Crippen LogP contribution in [0.3, 0.4) is 0 Å². The fraction of sp³-hybridized carbons (Fsp3) is 0.462. The van der Waals surface area contributed by atoms with E-state index in [1.807, 2.05) is 13.0 Å². The van der Waals surface area contributed by atoms with Gasteiger partial charge in [-0.15, -0.1) is 0 Å². The molecule has 0 aromatic heterocycles. The molecule has 0 atom stereocenters. The number of benzene rings is 1. The first-order valence-corrected chi connectivity index (χ1v) is 8.03. The Balaban J connectivity index is 2.42. The number of hydrogen-bond acceptors (Lipinski definition) is 4. The molecule has 0 radical (unpaired) electrons. The maximum Gasteiger partial charge on any atom is 0.261 e. The zero-order chi connectivity index (χ0) is 15.9. The highest BCUT2D eigenvalue weighted by Gasteiger charge is 2.17. The van der Waals surface area contributed by atoms with E-state index >= 15 is 0 Å². The van der Waals surface area contributed by atoms with Crippen molar-refractivity contribution in [3.63, 3.8) is 0 Å². The topological polar surface area (TPSA) is 72.5 Å². The number of carbonyl (C=O) groups excluding carboxylic acids is 1. The van der Waals surface area contributed by atoms with Crippen molar-refractivity contribution in [1.82, 2.24) is 0 Å². The average molecular weight is 321 g/mol. The Hall–Kier alpha value is -1.54. The minimum absolute atomic E-state index is 0.357. The number of rotatable bonds is 8. The summed E-state index contributed by atoms with van der Waals surface area (Å²) in [6.45, 7) is 0.669. The number of hydrogen-bond donors (Lipinski definition) is 1. The quantitative estimate of drug-likeness (QED) is 0.739. The number of ether oxygens (including phenoxy) is 1. The van der Waals surface area contributed by atoms with Gasteiger partial charge in [-0.3, -0.25) is 4.79 Å². The lowest BCUT2D eigenvalue weighted by Gasteiger charge is -2.07. The van der Waals surface area contributed by atoms with Gasteiger partial charge in [-0.2, -0.15) is 0 Å². The van der Waals surface area contributed by atoms with Crippen molar-refractivity contribution in [3.8, 4) is 0 Å². The molecule has 0 aliphatic rings. The third-order valence-electron chi connectivity index (χ3n) is 2.44. The van der Waals surface area contributed by atoms with Gasteiger partial charge in [0.25, 0.3) is 6.43 Å². The van der Waals surface area contributed by atoms with Gasteiger partial charge in [0.05, 0.1) is 12.4 Å². The number of nitrogens with one attached hydrogen (secondary N) is 1.